The molecule has 4 nitrogen and oxygen atoms in total. The first-order valence-corrected chi connectivity index (χ1v) is 7.50. The van der Waals surface area contributed by atoms with Crippen molar-refractivity contribution in [2.24, 2.45) is 5.92 Å². The molecule has 1 fully saturated rings. The molecular weight excluding hydrogens is 250 g/mol. The average molecular weight is 277 g/mol. The van der Waals surface area contributed by atoms with Gasteiger partial charge >= 0.3 is 0 Å². The first-order chi connectivity index (χ1) is 9.49. The maximum atomic E-state index is 5.56. The Morgan fingerprint density at radius 3 is 2.80 bits per heavy atom. The van der Waals surface area contributed by atoms with Crippen molar-refractivity contribution in [3.8, 4) is 0 Å². The van der Waals surface area contributed by atoms with Crippen molar-refractivity contribution in [1.82, 2.24) is 10.3 Å². The zero-order chi connectivity index (χ0) is 14.6. The number of ether oxygens (including phenoxy) is 1. The normalized spacial score (nSPS) is 18.6. The number of hydrogen-bond donors (Lipinski definition) is 1. The predicted octanol–water partition coefficient (Wildman–Crippen LogP) is 2.44. The maximum absolute atomic E-state index is 5.56. The zero-order valence-corrected chi connectivity index (χ0v) is 13.1. The summed E-state index contributed by atoms with van der Waals surface area (Å²) >= 11 is 0. The van der Waals surface area contributed by atoms with Gasteiger partial charge in [-0.3, -0.25) is 0 Å². The highest BCUT2D eigenvalue weighted by atomic mass is 16.5. The molecule has 2 heterocycles. The van der Waals surface area contributed by atoms with Crippen molar-refractivity contribution < 1.29 is 4.74 Å². The van der Waals surface area contributed by atoms with E-state index >= 15 is 0 Å². The van der Waals surface area contributed by atoms with Crippen LogP contribution in [-0.4, -0.2) is 36.8 Å². The molecule has 0 saturated carbocycles. The molecule has 1 aromatic heterocycles. The van der Waals surface area contributed by atoms with Gasteiger partial charge in [0.05, 0.1) is 18.8 Å². The van der Waals surface area contributed by atoms with Gasteiger partial charge in [-0.15, -0.1) is 0 Å². The summed E-state index contributed by atoms with van der Waals surface area (Å²) in [4.78, 5) is 6.96. The summed E-state index contributed by atoms with van der Waals surface area (Å²) in [5.41, 5.74) is 1.25. The van der Waals surface area contributed by atoms with Gasteiger partial charge in [0.25, 0.3) is 0 Å². The smallest absolute Gasteiger partial charge is 0.129 e. The number of rotatable bonds is 5. The number of nitrogens with one attached hydrogen (secondary N) is 1. The van der Waals surface area contributed by atoms with E-state index in [1.165, 1.54) is 5.56 Å². The maximum Gasteiger partial charge on any atom is 0.129 e. The van der Waals surface area contributed by atoms with Gasteiger partial charge in [0.15, 0.2) is 0 Å². The lowest BCUT2D eigenvalue weighted by molar-refractivity contribution is 0.0639. The summed E-state index contributed by atoms with van der Waals surface area (Å²) in [6, 6.07) is 4.29. The van der Waals surface area contributed by atoms with Gasteiger partial charge < -0.3 is 15.0 Å². The van der Waals surface area contributed by atoms with E-state index in [-0.39, 0.29) is 5.54 Å². The highest BCUT2D eigenvalue weighted by Gasteiger charge is 2.31. The molecule has 1 aromatic rings. The summed E-state index contributed by atoms with van der Waals surface area (Å²) in [6.45, 7) is 13.2. The highest BCUT2D eigenvalue weighted by Crippen LogP contribution is 2.25. The van der Waals surface area contributed by atoms with Crippen LogP contribution in [0.15, 0.2) is 18.3 Å². The van der Waals surface area contributed by atoms with Crippen molar-refractivity contribution in [2.45, 2.75) is 39.8 Å². The lowest BCUT2D eigenvalue weighted by Crippen LogP contribution is -2.53. The van der Waals surface area contributed by atoms with Crippen LogP contribution in [0, 0.1) is 5.92 Å². The fourth-order valence-corrected chi connectivity index (χ4v) is 2.47. The molecule has 112 valence electrons. The van der Waals surface area contributed by atoms with Gasteiger partial charge in [-0.05, 0) is 37.9 Å². The second-order valence-corrected chi connectivity index (χ2v) is 6.57. The molecule has 0 bridgehead atoms. The number of morpholine rings is 1. The van der Waals surface area contributed by atoms with Crippen LogP contribution in [-0.2, 0) is 11.3 Å². The van der Waals surface area contributed by atoms with Gasteiger partial charge in [0.1, 0.15) is 5.82 Å². The third-order valence-electron chi connectivity index (χ3n) is 3.61. The van der Waals surface area contributed by atoms with Gasteiger partial charge in [-0.1, -0.05) is 19.9 Å². The van der Waals surface area contributed by atoms with E-state index in [1.807, 2.05) is 6.20 Å². The molecule has 20 heavy (non-hydrogen) atoms. The number of nitrogens with zero attached hydrogens (tertiary/aromatic N) is 2. The lowest BCUT2D eigenvalue weighted by Gasteiger charge is -2.43. The average Bonchev–Trinajstić information content (AvgIpc) is 2.39. The van der Waals surface area contributed by atoms with E-state index < -0.39 is 0 Å². The molecule has 0 radical (unpaired) electrons. The van der Waals surface area contributed by atoms with E-state index in [2.05, 4.69) is 55.0 Å². The Morgan fingerprint density at radius 2 is 2.20 bits per heavy atom. The Bertz CT molecular complexity index is 414. The van der Waals surface area contributed by atoms with E-state index in [0.717, 1.165) is 38.7 Å². The second kappa shape index (κ2) is 6.55. The Morgan fingerprint density at radius 1 is 1.40 bits per heavy atom. The largest absolute Gasteiger partial charge is 0.377 e. The molecular formula is C16H27N3O. The monoisotopic (exact) mass is 277 g/mol. The first kappa shape index (κ1) is 15.3. The van der Waals surface area contributed by atoms with Gasteiger partial charge in [0, 0.05) is 19.3 Å². The molecule has 0 aliphatic carbocycles. The van der Waals surface area contributed by atoms with Crippen LogP contribution in [0.5, 0.6) is 0 Å². The van der Waals surface area contributed by atoms with Crippen LogP contribution in [0.25, 0.3) is 0 Å². The third-order valence-corrected chi connectivity index (χ3v) is 3.61. The van der Waals surface area contributed by atoms with Crippen LogP contribution < -0.4 is 10.2 Å². The Labute approximate surface area is 122 Å². The molecule has 0 amide bonds. The minimum absolute atomic E-state index is 0.0165. The van der Waals surface area contributed by atoms with Crippen LogP contribution in [0.3, 0.4) is 0 Å². The van der Waals surface area contributed by atoms with E-state index in [4.69, 9.17) is 4.74 Å². The number of hydrogen-bond acceptors (Lipinski definition) is 4. The molecule has 1 aliphatic rings. The van der Waals surface area contributed by atoms with E-state index in [1.54, 1.807) is 0 Å². The fourth-order valence-electron chi connectivity index (χ4n) is 2.47. The first-order valence-electron chi connectivity index (χ1n) is 7.50. The molecule has 1 saturated heterocycles. The van der Waals surface area contributed by atoms with Crippen LogP contribution in [0.4, 0.5) is 5.82 Å². The molecule has 4 heteroatoms. The second-order valence-electron chi connectivity index (χ2n) is 6.57. The van der Waals surface area contributed by atoms with Gasteiger partial charge in [-0.2, -0.15) is 0 Å². The van der Waals surface area contributed by atoms with Crippen molar-refractivity contribution >= 4 is 5.82 Å². The third kappa shape index (κ3) is 3.93. The highest BCUT2D eigenvalue weighted by molar-refractivity contribution is 5.43. The molecule has 2 rings (SSSR count). The van der Waals surface area contributed by atoms with E-state index in [0.29, 0.717) is 5.92 Å². The summed E-state index contributed by atoms with van der Waals surface area (Å²) in [6.07, 6.45) is 1.98. The van der Waals surface area contributed by atoms with Crippen LogP contribution in [0.2, 0.25) is 0 Å². The van der Waals surface area contributed by atoms with Crippen LogP contribution >= 0.6 is 0 Å². The van der Waals surface area contributed by atoms with Crippen molar-refractivity contribution in [2.75, 3.05) is 31.2 Å². The van der Waals surface area contributed by atoms with Crippen molar-refractivity contribution in [3.05, 3.63) is 23.9 Å². The molecule has 1 aliphatic heterocycles. The van der Waals surface area contributed by atoms with Crippen molar-refractivity contribution in [1.29, 1.82) is 0 Å². The molecule has 0 atom stereocenters. The fraction of sp³-hybridized carbons (Fsp3) is 0.688. The number of pyridine rings is 1. The standard InChI is InChI=1S/C16H27N3O/c1-13(2)9-17-10-14-5-6-15(18-11-14)19-7-8-20-12-16(19,3)4/h5-6,11,13,17H,7-10,12H2,1-4H3. The molecule has 0 spiro atoms. The summed E-state index contributed by atoms with van der Waals surface area (Å²) < 4.78 is 5.56. The van der Waals surface area contributed by atoms with E-state index in [9.17, 15) is 0 Å². The predicted molar refractivity (Wildman–Crippen MR) is 83.0 cm³/mol. The van der Waals surface area contributed by atoms with Gasteiger partial charge in [0.2, 0.25) is 0 Å². The zero-order valence-electron chi connectivity index (χ0n) is 13.1. The SMILES string of the molecule is CC(C)CNCc1ccc(N2CCOCC2(C)C)nc1. The summed E-state index contributed by atoms with van der Waals surface area (Å²) in [5.74, 6) is 1.72. The van der Waals surface area contributed by atoms with Crippen molar-refractivity contribution in [3.63, 3.8) is 0 Å². The molecule has 0 unspecified atom stereocenters. The minimum atomic E-state index is 0.0165. The summed E-state index contributed by atoms with van der Waals surface area (Å²) in [5, 5.41) is 3.44. The Balaban J connectivity index is 1.97. The molecule has 0 aromatic carbocycles. The Hall–Kier alpha value is -1.13. The van der Waals surface area contributed by atoms with Crippen LogP contribution in [0.1, 0.15) is 33.3 Å². The topological polar surface area (TPSA) is 37.4 Å². The summed E-state index contributed by atoms with van der Waals surface area (Å²) in [7, 11) is 0. The molecule has 1 N–H and O–H groups in total. The quantitative estimate of drug-likeness (QED) is 0.897. The number of anilines is 1. The minimum Gasteiger partial charge on any atom is -0.377 e. The lowest BCUT2D eigenvalue weighted by atomic mass is 10.0. The number of aromatic nitrogens is 1. The Kier molecular flexibility index (Phi) is 5.00. The van der Waals surface area contributed by atoms with Gasteiger partial charge in [-0.25, -0.2) is 4.98 Å².